The Bertz CT molecular complexity index is 1170. The molecule has 0 aliphatic heterocycles. The van der Waals surface area contributed by atoms with Gasteiger partial charge in [-0.3, -0.25) is 14.2 Å². The number of hydrogen-bond acceptors (Lipinski definition) is 6. The Morgan fingerprint density at radius 1 is 1.34 bits per heavy atom. The molecule has 0 aliphatic rings. The first-order valence-electron chi connectivity index (χ1n) is 8.99. The van der Waals surface area contributed by atoms with Gasteiger partial charge in [-0.2, -0.15) is 0 Å². The molecule has 0 bridgehead atoms. The van der Waals surface area contributed by atoms with E-state index in [1.165, 1.54) is 10.9 Å². The predicted octanol–water partition coefficient (Wildman–Crippen LogP) is 4.10. The fraction of sp³-hybridized carbons (Fsp3) is 0.300. The molecule has 3 aromatic rings. The van der Waals surface area contributed by atoms with Crippen LogP contribution in [0.4, 0.5) is 5.69 Å². The molecule has 1 unspecified atom stereocenters. The van der Waals surface area contributed by atoms with Gasteiger partial charge in [-0.15, -0.1) is 11.3 Å². The normalized spacial score (nSPS) is 12.0. The number of benzene rings is 1. The number of hydrogen-bond donors (Lipinski definition) is 1. The number of rotatable bonds is 5. The summed E-state index contributed by atoms with van der Waals surface area (Å²) < 4.78 is 6.29. The van der Waals surface area contributed by atoms with Crippen LogP contribution in [0.15, 0.2) is 29.3 Å². The lowest BCUT2D eigenvalue weighted by molar-refractivity contribution is -0.118. The lowest BCUT2D eigenvalue weighted by Crippen LogP contribution is -2.31. The van der Waals surface area contributed by atoms with Crippen molar-refractivity contribution in [2.45, 2.75) is 33.7 Å². The number of esters is 1. The van der Waals surface area contributed by atoms with E-state index >= 15 is 0 Å². The fourth-order valence-corrected chi connectivity index (χ4v) is 4.06. The third kappa shape index (κ3) is 4.04. The molecule has 2 heterocycles. The van der Waals surface area contributed by atoms with Crippen molar-refractivity contribution >= 4 is 50.7 Å². The van der Waals surface area contributed by atoms with Crippen LogP contribution in [-0.4, -0.2) is 28.0 Å². The number of anilines is 1. The zero-order chi connectivity index (χ0) is 21.3. The number of halogens is 1. The van der Waals surface area contributed by atoms with Gasteiger partial charge in [0.05, 0.1) is 18.3 Å². The molecule has 0 aliphatic carbocycles. The van der Waals surface area contributed by atoms with Crippen molar-refractivity contribution < 1.29 is 14.3 Å². The third-order valence-electron chi connectivity index (χ3n) is 4.57. The molecule has 9 heteroatoms. The van der Waals surface area contributed by atoms with Crippen molar-refractivity contribution in [1.29, 1.82) is 0 Å². The first kappa shape index (κ1) is 21.0. The summed E-state index contributed by atoms with van der Waals surface area (Å²) in [6, 6.07) is 4.38. The van der Waals surface area contributed by atoms with E-state index in [9.17, 15) is 14.4 Å². The Morgan fingerprint density at radius 3 is 2.72 bits per heavy atom. The van der Waals surface area contributed by atoms with Crippen LogP contribution in [-0.2, 0) is 9.53 Å². The van der Waals surface area contributed by atoms with Gasteiger partial charge in [0.1, 0.15) is 15.7 Å². The first-order chi connectivity index (χ1) is 13.7. The quantitative estimate of drug-likeness (QED) is 0.611. The highest BCUT2D eigenvalue weighted by atomic mass is 35.5. The smallest absolute Gasteiger partial charge is 0.348 e. The van der Waals surface area contributed by atoms with Crippen molar-refractivity contribution in [2.75, 3.05) is 11.9 Å². The Labute approximate surface area is 176 Å². The summed E-state index contributed by atoms with van der Waals surface area (Å²) in [5, 5.41) is 3.61. The van der Waals surface area contributed by atoms with Crippen LogP contribution in [0.25, 0.3) is 10.2 Å². The minimum absolute atomic E-state index is 0.240. The van der Waals surface area contributed by atoms with Crippen LogP contribution in [0.1, 0.15) is 40.7 Å². The van der Waals surface area contributed by atoms with Gasteiger partial charge in [-0.25, -0.2) is 9.78 Å². The van der Waals surface area contributed by atoms with Crippen molar-refractivity contribution in [3.05, 3.63) is 55.9 Å². The Balaban J connectivity index is 1.94. The topological polar surface area (TPSA) is 90.3 Å². The van der Waals surface area contributed by atoms with E-state index in [1.54, 1.807) is 39.0 Å². The largest absolute Gasteiger partial charge is 0.462 e. The summed E-state index contributed by atoms with van der Waals surface area (Å²) in [5.74, 6) is -0.868. The number of ether oxygens (including phenoxy) is 1. The van der Waals surface area contributed by atoms with Gasteiger partial charge < -0.3 is 10.1 Å². The maximum Gasteiger partial charge on any atom is 0.348 e. The molecular weight excluding hydrogens is 414 g/mol. The van der Waals surface area contributed by atoms with Gasteiger partial charge >= 0.3 is 5.97 Å². The summed E-state index contributed by atoms with van der Waals surface area (Å²) in [4.78, 5) is 42.8. The van der Waals surface area contributed by atoms with Crippen molar-refractivity contribution in [1.82, 2.24) is 9.55 Å². The minimum atomic E-state index is -0.815. The number of fused-ring (bicyclic) bond motifs is 1. The zero-order valence-electron chi connectivity index (χ0n) is 16.4. The standard InChI is InChI=1S/C20H20ClN3O4S/c1-5-28-20(27)16-11(3)15-18(29-16)22-9-24(19(15)26)12(4)17(25)23-13-7-6-10(2)14(21)8-13/h6-9,12H,5H2,1-4H3,(H,23,25). The number of aromatic nitrogens is 2. The van der Waals surface area contributed by atoms with Crippen molar-refractivity contribution in [3.8, 4) is 0 Å². The highest BCUT2D eigenvalue weighted by molar-refractivity contribution is 7.20. The highest BCUT2D eigenvalue weighted by Gasteiger charge is 2.23. The molecule has 0 spiro atoms. The summed E-state index contributed by atoms with van der Waals surface area (Å²) in [7, 11) is 0. The van der Waals surface area contributed by atoms with E-state index in [-0.39, 0.29) is 18.1 Å². The molecular formula is C20H20ClN3O4S. The van der Waals surface area contributed by atoms with E-state index in [1.807, 2.05) is 6.92 Å². The Kier molecular flexibility index (Phi) is 6.04. The minimum Gasteiger partial charge on any atom is -0.462 e. The Morgan fingerprint density at radius 2 is 2.07 bits per heavy atom. The number of thiophene rings is 1. The highest BCUT2D eigenvalue weighted by Crippen LogP contribution is 2.28. The van der Waals surface area contributed by atoms with Gasteiger partial charge in [-0.05, 0) is 51.0 Å². The second-order valence-electron chi connectivity index (χ2n) is 6.54. The van der Waals surface area contributed by atoms with Gasteiger partial charge in [0.25, 0.3) is 5.56 Å². The van der Waals surface area contributed by atoms with E-state index in [4.69, 9.17) is 16.3 Å². The van der Waals surface area contributed by atoms with E-state index < -0.39 is 12.0 Å². The van der Waals surface area contributed by atoms with Crippen LogP contribution in [0.2, 0.25) is 5.02 Å². The Hall–Kier alpha value is -2.71. The molecule has 152 valence electrons. The molecule has 0 fully saturated rings. The van der Waals surface area contributed by atoms with Gasteiger partial charge in [0.2, 0.25) is 5.91 Å². The van der Waals surface area contributed by atoms with Crippen LogP contribution >= 0.6 is 22.9 Å². The molecule has 7 nitrogen and oxygen atoms in total. The molecule has 1 atom stereocenters. The summed E-state index contributed by atoms with van der Waals surface area (Å²) >= 11 is 7.21. The lowest BCUT2D eigenvalue weighted by atomic mass is 10.2. The molecule has 1 amide bonds. The summed E-state index contributed by atoms with van der Waals surface area (Å²) in [5.41, 5.74) is 1.56. The summed E-state index contributed by atoms with van der Waals surface area (Å²) in [6.45, 7) is 7.11. The van der Waals surface area contributed by atoms with Gasteiger partial charge in [-0.1, -0.05) is 17.7 Å². The monoisotopic (exact) mass is 433 g/mol. The number of nitrogens with zero attached hydrogens (tertiary/aromatic N) is 2. The molecule has 3 rings (SSSR count). The second kappa shape index (κ2) is 8.34. The third-order valence-corrected chi connectivity index (χ3v) is 6.16. The zero-order valence-corrected chi connectivity index (χ0v) is 18.0. The average Bonchev–Trinajstić information content (AvgIpc) is 3.02. The first-order valence-corrected chi connectivity index (χ1v) is 10.2. The van der Waals surface area contributed by atoms with Crippen LogP contribution in [0, 0.1) is 13.8 Å². The van der Waals surface area contributed by atoms with E-state index in [2.05, 4.69) is 10.3 Å². The molecule has 0 radical (unpaired) electrons. The predicted molar refractivity (Wildman–Crippen MR) is 114 cm³/mol. The SMILES string of the molecule is CCOC(=O)c1sc2ncn(C(C)C(=O)Nc3ccc(C)c(Cl)c3)c(=O)c2c1C. The number of carbonyl (C=O) groups is 2. The lowest BCUT2D eigenvalue weighted by Gasteiger charge is -2.15. The molecule has 1 N–H and O–H groups in total. The number of nitrogens with one attached hydrogen (secondary N) is 1. The molecule has 2 aromatic heterocycles. The van der Waals surface area contributed by atoms with Crippen LogP contribution in [0.5, 0.6) is 0 Å². The van der Waals surface area contributed by atoms with Gasteiger partial charge in [0.15, 0.2) is 0 Å². The van der Waals surface area contributed by atoms with Gasteiger partial charge in [0, 0.05) is 10.7 Å². The van der Waals surface area contributed by atoms with Crippen LogP contribution in [0.3, 0.4) is 0 Å². The van der Waals surface area contributed by atoms with Crippen molar-refractivity contribution in [2.24, 2.45) is 0 Å². The number of amides is 1. The van der Waals surface area contributed by atoms with E-state index in [0.717, 1.165) is 16.9 Å². The molecule has 0 saturated carbocycles. The molecule has 0 saturated heterocycles. The number of carbonyl (C=O) groups excluding carboxylic acids is 2. The maximum absolute atomic E-state index is 13.0. The van der Waals surface area contributed by atoms with E-state index in [0.29, 0.717) is 31.4 Å². The second-order valence-corrected chi connectivity index (χ2v) is 7.95. The molecule has 29 heavy (non-hydrogen) atoms. The van der Waals surface area contributed by atoms with Crippen molar-refractivity contribution in [3.63, 3.8) is 0 Å². The molecule has 1 aromatic carbocycles. The average molecular weight is 434 g/mol. The maximum atomic E-state index is 13.0. The summed E-state index contributed by atoms with van der Waals surface area (Å²) in [6.07, 6.45) is 1.32. The van der Waals surface area contributed by atoms with Crippen LogP contribution < -0.4 is 10.9 Å². The fourth-order valence-electron chi connectivity index (χ4n) is 2.85. The number of aryl methyl sites for hydroxylation is 2.